The molecular formula is C14H20N2O2. The van der Waals surface area contributed by atoms with E-state index in [1.54, 1.807) is 0 Å². The molecule has 2 heterocycles. The second kappa shape index (κ2) is 4.78. The number of hydrogen-bond donors (Lipinski definition) is 1. The lowest BCUT2D eigenvalue weighted by Crippen LogP contribution is -2.50. The van der Waals surface area contributed by atoms with Crippen LogP contribution in [0.25, 0.3) is 0 Å². The molecule has 2 aliphatic heterocycles. The van der Waals surface area contributed by atoms with Crippen LogP contribution in [0.15, 0.2) is 12.1 Å². The van der Waals surface area contributed by atoms with E-state index in [0.717, 1.165) is 37.6 Å². The second-order valence-corrected chi connectivity index (χ2v) is 5.17. The Morgan fingerprint density at radius 2 is 2.11 bits per heavy atom. The van der Waals surface area contributed by atoms with Crippen LogP contribution in [0, 0.1) is 6.92 Å². The van der Waals surface area contributed by atoms with Gasteiger partial charge in [0.2, 0.25) is 6.79 Å². The van der Waals surface area contributed by atoms with Gasteiger partial charge in [0.15, 0.2) is 11.5 Å². The molecule has 2 aliphatic rings. The molecule has 1 fully saturated rings. The molecule has 3 rings (SSSR count). The van der Waals surface area contributed by atoms with Gasteiger partial charge in [-0.3, -0.25) is 0 Å². The quantitative estimate of drug-likeness (QED) is 0.852. The van der Waals surface area contributed by atoms with Crippen LogP contribution in [-0.4, -0.2) is 44.4 Å². The largest absolute Gasteiger partial charge is 0.454 e. The summed E-state index contributed by atoms with van der Waals surface area (Å²) in [5.74, 6) is 1.77. The minimum atomic E-state index is 0.350. The first kappa shape index (κ1) is 11.8. The fraction of sp³-hybridized carbons (Fsp3) is 0.571. The Morgan fingerprint density at radius 1 is 1.33 bits per heavy atom. The summed E-state index contributed by atoms with van der Waals surface area (Å²) < 4.78 is 10.9. The smallest absolute Gasteiger partial charge is 0.231 e. The van der Waals surface area contributed by atoms with Crippen LogP contribution >= 0.6 is 0 Å². The molecule has 98 valence electrons. The number of hydrogen-bond acceptors (Lipinski definition) is 4. The van der Waals surface area contributed by atoms with Crippen molar-refractivity contribution in [2.75, 3.05) is 33.5 Å². The molecule has 4 heteroatoms. The molecule has 1 saturated heterocycles. The topological polar surface area (TPSA) is 33.7 Å². The monoisotopic (exact) mass is 248 g/mol. The molecule has 1 N–H and O–H groups in total. The van der Waals surface area contributed by atoms with Gasteiger partial charge in [0.1, 0.15) is 0 Å². The van der Waals surface area contributed by atoms with Crippen LogP contribution in [0.4, 0.5) is 0 Å². The Bertz CT molecular complexity index is 448. The number of aryl methyl sites for hydroxylation is 1. The summed E-state index contributed by atoms with van der Waals surface area (Å²) in [7, 11) is 2.20. The summed E-state index contributed by atoms with van der Waals surface area (Å²) in [4.78, 5) is 2.43. The predicted molar refractivity (Wildman–Crippen MR) is 70.3 cm³/mol. The van der Waals surface area contributed by atoms with Crippen molar-refractivity contribution in [2.45, 2.75) is 19.4 Å². The average Bonchev–Trinajstić information content (AvgIpc) is 2.79. The minimum absolute atomic E-state index is 0.350. The summed E-state index contributed by atoms with van der Waals surface area (Å²) in [5.41, 5.74) is 2.65. The molecule has 0 bridgehead atoms. The van der Waals surface area contributed by atoms with E-state index in [0.29, 0.717) is 12.8 Å². The van der Waals surface area contributed by atoms with E-state index in [2.05, 4.69) is 36.3 Å². The van der Waals surface area contributed by atoms with E-state index in [1.807, 2.05) is 0 Å². The zero-order chi connectivity index (χ0) is 12.5. The van der Waals surface area contributed by atoms with Gasteiger partial charge in [0.25, 0.3) is 0 Å². The standard InChI is InChI=1S/C14H20N2O2/c1-10-5-13-14(18-9-17-13)7-11(10)6-12-8-15-3-4-16(12)2/h5,7,12,15H,3-4,6,8-9H2,1-2H3. The van der Waals surface area contributed by atoms with Gasteiger partial charge in [-0.2, -0.15) is 0 Å². The summed E-state index contributed by atoms with van der Waals surface area (Å²) >= 11 is 0. The van der Waals surface area contributed by atoms with Gasteiger partial charge in [-0.05, 0) is 43.7 Å². The molecule has 18 heavy (non-hydrogen) atoms. The number of nitrogens with zero attached hydrogens (tertiary/aromatic N) is 1. The maximum atomic E-state index is 5.46. The minimum Gasteiger partial charge on any atom is -0.454 e. The van der Waals surface area contributed by atoms with Crippen molar-refractivity contribution in [3.8, 4) is 11.5 Å². The van der Waals surface area contributed by atoms with Crippen LogP contribution < -0.4 is 14.8 Å². The number of likely N-dealkylation sites (N-methyl/N-ethyl adjacent to an activating group) is 1. The molecule has 1 unspecified atom stereocenters. The van der Waals surface area contributed by atoms with Gasteiger partial charge in [0, 0.05) is 25.7 Å². The van der Waals surface area contributed by atoms with Crippen molar-refractivity contribution in [3.63, 3.8) is 0 Å². The van der Waals surface area contributed by atoms with E-state index in [1.165, 1.54) is 11.1 Å². The lowest BCUT2D eigenvalue weighted by atomic mass is 9.98. The van der Waals surface area contributed by atoms with E-state index in [9.17, 15) is 0 Å². The Labute approximate surface area is 108 Å². The van der Waals surface area contributed by atoms with Gasteiger partial charge in [-0.1, -0.05) is 0 Å². The Morgan fingerprint density at radius 3 is 2.89 bits per heavy atom. The zero-order valence-corrected chi connectivity index (χ0v) is 11.0. The summed E-state index contributed by atoms with van der Waals surface area (Å²) in [5, 5.41) is 3.46. The molecule has 1 aromatic rings. The maximum Gasteiger partial charge on any atom is 0.231 e. The van der Waals surface area contributed by atoms with Crippen molar-refractivity contribution in [1.82, 2.24) is 10.2 Å². The Hall–Kier alpha value is -1.26. The van der Waals surface area contributed by atoms with Crippen molar-refractivity contribution >= 4 is 0 Å². The first-order valence-electron chi connectivity index (χ1n) is 6.54. The van der Waals surface area contributed by atoms with E-state index in [-0.39, 0.29) is 0 Å². The lowest BCUT2D eigenvalue weighted by molar-refractivity contribution is 0.174. The van der Waals surface area contributed by atoms with Crippen LogP contribution in [-0.2, 0) is 6.42 Å². The third-order valence-electron chi connectivity index (χ3n) is 3.93. The first-order valence-corrected chi connectivity index (χ1v) is 6.54. The van der Waals surface area contributed by atoms with Gasteiger partial charge < -0.3 is 19.7 Å². The fourth-order valence-corrected chi connectivity index (χ4v) is 2.65. The van der Waals surface area contributed by atoms with Gasteiger partial charge in [-0.25, -0.2) is 0 Å². The molecule has 0 radical (unpaired) electrons. The highest BCUT2D eigenvalue weighted by Gasteiger charge is 2.22. The highest BCUT2D eigenvalue weighted by atomic mass is 16.7. The predicted octanol–water partition coefficient (Wildman–Crippen LogP) is 1.17. The van der Waals surface area contributed by atoms with Gasteiger partial charge in [-0.15, -0.1) is 0 Å². The number of fused-ring (bicyclic) bond motifs is 1. The molecule has 0 aliphatic carbocycles. The molecule has 0 spiro atoms. The number of ether oxygens (including phenoxy) is 2. The molecular weight excluding hydrogens is 228 g/mol. The van der Waals surface area contributed by atoms with Crippen molar-refractivity contribution in [2.24, 2.45) is 0 Å². The summed E-state index contributed by atoms with van der Waals surface area (Å²) in [6, 6.07) is 4.80. The maximum absolute atomic E-state index is 5.46. The Balaban J connectivity index is 1.79. The lowest BCUT2D eigenvalue weighted by Gasteiger charge is -2.33. The van der Waals surface area contributed by atoms with E-state index in [4.69, 9.17) is 9.47 Å². The molecule has 0 aromatic heterocycles. The van der Waals surface area contributed by atoms with E-state index >= 15 is 0 Å². The third-order valence-corrected chi connectivity index (χ3v) is 3.93. The molecule has 1 atom stereocenters. The highest BCUT2D eigenvalue weighted by Crippen LogP contribution is 2.35. The summed E-state index contributed by atoms with van der Waals surface area (Å²) in [6.07, 6.45) is 1.06. The van der Waals surface area contributed by atoms with Crippen LogP contribution in [0.1, 0.15) is 11.1 Å². The zero-order valence-electron chi connectivity index (χ0n) is 11.0. The first-order chi connectivity index (χ1) is 8.74. The van der Waals surface area contributed by atoms with Crippen LogP contribution in [0.3, 0.4) is 0 Å². The summed E-state index contributed by atoms with van der Waals surface area (Å²) in [6.45, 7) is 5.77. The van der Waals surface area contributed by atoms with E-state index < -0.39 is 0 Å². The number of benzene rings is 1. The molecule has 1 aromatic carbocycles. The molecule has 4 nitrogen and oxygen atoms in total. The van der Waals surface area contributed by atoms with Gasteiger partial charge in [0.05, 0.1) is 0 Å². The number of nitrogens with one attached hydrogen (secondary N) is 1. The van der Waals surface area contributed by atoms with Crippen molar-refractivity contribution in [1.29, 1.82) is 0 Å². The molecule has 0 saturated carbocycles. The van der Waals surface area contributed by atoms with Crippen molar-refractivity contribution < 1.29 is 9.47 Å². The average molecular weight is 248 g/mol. The second-order valence-electron chi connectivity index (χ2n) is 5.17. The third kappa shape index (κ3) is 2.18. The number of piperazine rings is 1. The van der Waals surface area contributed by atoms with Crippen LogP contribution in [0.5, 0.6) is 11.5 Å². The van der Waals surface area contributed by atoms with Crippen LogP contribution in [0.2, 0.25) is 0 Å². The number of rotatable bonds is 2. The SMILES string of the molecule is Cc1cc2c(cc1CC1CNCCN1C)OCO2. The normalized spacial score (nSPS) is 23.3. The fourth-order valence-electron chi connectivity index (χ4n) is 2.65. The van der Waals surface area contributed by atoms with Gasteiger partial charge >= 0.3 is 0 Å². The van der Waals surface area contributed by atoms with Crippen molar-refractivity contribution in [3.05, 3.63) is 23.3 Å². The highest BCUT2D eigenvalue weighted by molar-refractivity contribution is 5.48. The molecule has 0 amide bonds. The Kier molecular flexibility index (Phi) is 3.14.